The summed E-state index contributed by atoms with van der Waals surface area (Å²) in [5.41, 5.74) is 0.118. The minimum atomic E-state index is -4.10. The molecule has 2 rings (SSSR count). The van der Waals surface area contributed by atoms with E-state index in [9.17, 15) is 23.6 Å². The largest absolute Gasteiger partial charge is 0.376 e. The highest BCUT2D eigenvalue weighted by molar-refractivity contribution is 7.89. The zero-order valence-electron chi connectivity index (χ0n) is 10.8. The maximum Gasteiger partial charge on any atom is 0.289 e. The maximum absolute atomic E-state index is 12.5. The first-order chi connectivity index (χ1) is 9.34. The number of β-amino-alcohol motifs (C(OH)–C–C–N with tert-alkyl or cyclic N) is 1. The molecular formula is C11H15N3O5S. The number of hydrogen-bond donors (Lipinski definition) is 2. The molecule has 9 heteroatoms. The van der Waals surface area contributed by atoms with Crippen LogP contribution in [0.3, 0.4) is 0 Å². The molecule has 0 radical (unpaired) electrons. The van der Waals surface area contributed by atoms with Crippen molar-refractivity contribution in [1.82, 2.24) is 9.62 Å². The average Bonchev–Trinajstić information content (AvgIpc) is 2.38. The third kappa shape index (κ3) is 2.66. The number of aliphatic hydroxyl groups is 1. The Hall–Kier alpha value is -1.55. The molecule has 0 spiro atoms. The van der Waals surface area contributed by atoms with Crippen LogP contribution in [0, 0.1) is 17.0 Å². The van der Waals surface area contributed by atoms with E-state index in [1.165, 1.54) is 18.2 Å². The lowest BCUT2D eigenvalue weighted by molar-refractivity contribution is -0.387. The molecule has 1 saturated heterocycles. The van der Waals surface area contributed by atoms with E-state index >= 15 is 0 Å². The molecule has 0 aromatic heterocycles. The van der Waals surface area contributed by atoms with Crippen molar-refractivity contribution in [2.45, 2.75) is 18.0 Å². The predicted molar refractivity (Wildman–Crippen MR) is 70.6 cm³/mol. The van der Waals surface area contributed by atoms with E-state index in [1.807, 2.05) is 0 Å². The molecule has 8 nitrogen and oxygen atoms in total. The van der Waals surface area contributed by atoms with Gasteiger partial charge in [0.25, 0.3) is 15.7 Å². The number of aliphatic hydroxyl groups excluding tert-OH is 1. The molecule has 0 aliphatic carbocycles. The van der Waals surface area contributed by atoms with Crippen molar-refractivity contribution < 1.29 is 18.4 Å². The molecule has 0 amide bonds. The standard InChI is InChI=1S/C11H15N3O5S/c1-8-2-3-10(9(6-8)14(16)17)20(18,19)13-5-4-12-7-11(13)15/h2-3,6,11-12,15H,4-5,7H2,1H3. The molecule has 1 aliphatic rings. The summed E-state index contributed by atoms with van der Waals surface area (Å²) in [5.74, 6) is 0. The van der Waals surface area contributed by atoms with Crippen LogP contribution < -0.4 is 5.32 Å². The van der Waals surface area contributed by atoms with E-state index in [4.69, 9.17) is 0 Å². The maximum atomic E-state index is 12.5. The third-order valence-corrected chi connectivity index (χ3v) is 5.01. The van der Waals surface area contributed by atoms with Crippen LogP contribution in [0.1, 0.15) is 5.56 Å². The van der Waals surface area contributed by atoms with Gasteiger partial charge in [0, 0.05) is 25.7 Å². The number of aryl methyl sites for hydroxylation is 1. The minimum Gasteiger partial charge on any atom is -0.376 e. The summed E-state index contributed by atoms with van der Waals surface area (Å²) in [6.45, 7) is 2.19. The molecule has 2 N–H and O–H groups in total. The summed E-state index contributed by atoms with van der Waals surface area (Å²) in [7, 11) is -4.10. The van der Waals surface area contributed by atoms with Gasteiger partial charge in [0.05, 0.1) is 4.92 Å². The smallest absolute Gasteiger partial charge is 0.289 e. The van der Waals surface area contributed by atoms with Gasteiger partial charge in [-0.1, -0.05) is 6.07 Å². The zero-order chi connectivity index (χ0) is 14.9. The molecule has 1 heterocycles. The van der Waals surface area contributed by atoms with E-state index in [2.05, 4.69) is 5.32 Å². The Kier molecular flexibility index (Phi) is 4.04. The highest BCUT2D eigenvalue weighted by Gasteiger charge is 2.36. The van der Waals surface area contributed by atoms with Crippen molar-refractivity contribution in [2.75, 3.05) is 19.6 Å². The number of rotatable bonds is 3. The minimum absolute atomic E-state index is 0.0640. The van der Waals surface area contributed by atoms with E-state index < -0.39 is 31.8 Å². The highest BCUT2D eigenvalue weighted by atomic mass is 32.2. The second-order valence-electron chi connectivity index (χ2n) is 4.53. The Balaban J connectivity index is 2.51. The summed E-state index contributed by atoms with van der Waals surface area (Å²) in [4.78, 5) is 9.91. The fourth-order valence-electron chi connectivity index (χ4n) is 2.07. The van der Waals surface area contributed by atoms with Crippen LogP contribution in [-0.4, -0.2) is 48.6 Å². The SMILES string of the molecule is Cc1ccc(S(=O)(=O)N2CCNCC2O)c([N+](=O)[O-])c1. The lowest BCUT2D eigenvalue weighted by atomic mass is 10.2. The number of nitro groups is 1. The van der Waals surface area contributed by atoms with Crippen molar-refractivity contribution >= 4 is 15.7 Å². The Labute approximate surface area is 116 Å². The van der Waals surface area contributed by atoms with Crippen LogP contribution in [-0.2, 0) is 10.0 Å². The second kappa shape index (κ2) is 5.44. The Morgan fingerprint density at radius 1 is 1.50 bits per heavy atom. The zero-order valence-corrected chi connectivity index (χ0v) is 11.6. The van der Waals surface area contributed by atoms with Gasteiger partial charge in [0.2, 0.25) is 0 Å². The summed E-state index contributed by atoms with van der Waals surface area (Å²) in [6, 6.07) is 3.91. The van der Waals surface area contributed by atoms with Crippen molar-refractivity contribution in [1.29, 1.82) is 0 Å². The van der Waals surface area contributed by atoms with E-state index in [-0.39, 0.29) is 13.1 Å². The van der Waals surface area contributed by atoms with E-state index in [0.717, 1.165) is 4.31 Å². The molecule has 1 atom stereocenters. The van der Waals surface area contributed by atoms with Crippen LogP contribution in [0.4, 0.5) is 5.69 Å². The number of hydrogen-bond acceptors (Lipinski definition) is 6. The fourth-order valence-corrected chi connectivity index (χ4v) is 3.68. The van der Waals surface area contributed by atoms with Crippen LogP contribution in [0.5, 0.6) is 0 Å². The highest BCUT2D eigenvalue weighted by Crippen LogP contribution is 2.28. The van der Waals surface area contributed by atoms with Crippen molar-refractivity contribution in [3.8, 4) is 0 Å². The van der Waals surface area contributed by atoms with Crippen LogP contribution in [0.25, 0.3) is 0 Å². The Morgan fingerprint density at radius 3 is 2.80 bits per heavy atom. The normalized spacial score (nSPS) is 20.8. The summed E-state index contributed by atoms with van der Waals surface area (Å²) < 4.78 is 25.8. The van der Waals surface area contributed by atoms with Gasteiger partial charge in [-0.25, -0.2) is 8.42 Å². The summed E-state index contributed by atoms with van der Waals surface area (Å²) in [5, 5.41) is 23.6. The van der Waals surface area contributed by atoms with Gasteiger partial charge in [0.1, 0.15) is 6.23 Å². The third-order valence-electron chi connectivity index (χ3n) is 3.07. The van der Waals surface area contributed by atoms with Gasteiger partial charge >= 0.3 is 0 Å². The van der Waals surface area contributed by atoms with Crippen molar-refractivity contribution in [3.05, 3.63) is 33.9 Å². The molecule has 1 fully saturated rings. The van der Waals surface area contributed by atoms with E-state index in [0.29, 0.717) is 12.1 Å². The first-order valence-electron chi connectivity index (χ1n) is 5.99. The van der Waals surface area contributed by atoms with Gasteiger partial charge in [-0.2, -0.15) is 4.31 Å². The van der Waals surface area contributed by atoms with Crippen LogP contribution in [0.15, 0.2) is 23.1 Å². The molecule has 1 aromatic carbocycles. The molecule has 1 unspecified atom stereocenters. The molecule has 0 bridgehead atoms. The lowest BCUT2D eigenvalue weighted by Crippen LogP contribution is -2.53. The monoisotopic (exact) mass is 301 g/mol. The number of benzene rings is 1. The summed E-state index contributed by atoms with van der Waals surface area (Å²) >= 11 is 0. The molecule has 1 aromatic rings. The summed E-state index contributed by atoms with van der Waals surface area (Å²) in [6.07, 6.45) is -1.23. The lowest BCUT2D eigenvalue weighted by Gasteiger charge is -2.31. The number of nitrogens with one attached hydrogen (secondary N) is 1. The molecule has 0 saturated carbocycles. The quantitative estimate of drug-likeness (QED) is 0.591. The predicted octanol–water partition coefficient (Wildman–Crippen LogP) is -0.184. The van der Waals surface area contributed by atoms with Gasteiger partial charge < -0.3 is 10.4 Å². The van der Waals surface area contributed by atoms with Crippen molar-refractivity contribution in [3.63, 3.8) is 0 Å². The molecule has 20 heavy (non-hydrogen) atoms. The Bertz CT molecular complexity index is 631. The molecule has 110 valence electrons. The Morgan fingerprint density at radius 2 is 2.20 bits per heavy atom. The second-order valence-corrected chi connectivity index (χ2v) is 6.39. The number of piperazine rings is 1. The van der Waals surface area contributed by atoms with Gasteiger partial charge in [0.15, 0.2) is 4.90 Å². The fraction of sp³-hybridized carbons (Fsp3) is 0.455. The van der Waals surface area contributed by atoms with Crippen molar-refractivity contribution in [2.24, 2.45) is 0 Å². The molecule has 1 aliphatic heterocycles. The first-order valence-corrected chi connectivity index (χ1v) is 7.43. The van der Waals surface area contributed by atoms with Crippen LogP contribution >= 0.6 is 0 Å². The van der Waals surface area contributed by atoms with Gasteiger partial charge in [-0.15, -0.1) is 0 Å². The van der Waals surface area contributed by atoms with Gasteiger partial charge in [-0.05, 0) is 18.6 Å². The number of nitro benzene ring substituents is 1. The van der Waals surface area contributed by atoms with Crippen LogP contribution in [0.2, 0.25) is 0 Å². The number of sulfonamides is 1. The van der Waals surface area contributed by atoms with E-state index in [1.54, 1.807) is 6.92 Å². The average molecular weight is 301 g/mol. The van der Waals surface area contributed by atoms with Gasteiger partial charge in [-0.3, -0.25) is 10.1 Å². The molecular weight excluding hydrogens is 286 g/mol. The first kappa shape index (κ1) is 14.9. The topological polar surface area (TPSA) is 113 Å². The number of nitrogens with zero attached hydrogens (tertiary/aromatic N) is 2.